The van der Waals surface area contributed by atoms with Crippen LogP contribution in [0.1, 0.15) is 23.7 Å². The lowest BCUT2D eigenvalue weighted by atomic mass is 10.2. The molecule has 1 saturated heterocycles. The summed E-state index contributed by atoms with van der Waals surface area (Å²) in [5.41, 5.74) is 0.534. The highest BCUT2D eigenvalue weighted by molar-refractivity contribution is 7.89. The summed E-state index contributed by atoms with van der Waals surface area (Å²) in [6.45, 7) is 5.28. The molecule has 0 amide bonds. The number of anilines is 1. The van der Waals surface area contributed by atoms with Gasteiger partial charge in [0.1, 0.15) is 4.90 Å². The highest BCUT2D eigenvalue weighted by Gasteiger charge is 2.25. The maximum absolute atomic E-state index is 12.6. The second-order valence-electron chi connectivity index (χ2n) is 5.68. The monoisotopic (exact) mass is 341 g/mol. The molecule has 0 unspecified atom stereocenters. The number of carboxylic acids is 1. The van der Waals surface area contributed by atoms with E-state index < -0.39 is 16.0 Å². The van der Waals surface area contributed by atoms with Gasteiger partial charge in [-0.3, -0.25) is 0 Å². The van der Waals surface area contributed by atoms with Gasteiger partial charge in [0.15, 0.2) is 0 Å². The van der Waals surface area contributed by atoms with Gasteiger partial charge in [-0.05, 0) is 31.7 Å². The van der Waals surface area contributed by atoms with Gasteiger partial charge in [-0.15, -0.1) is 0 Å². The van der Waals surface area contributed by atoms with Crippen LogP contribution in [0.15, 0.2) is 23.1 Å². The maximum atomic E-state index is 12.6. The molecular formula is C15H23N3O4S. The van der Waals surface area contributed by atoms with E-state index in [0.29, 0.717) is 31.7 Å². The van der Waals surface area contributed by atoms with Crippen LogP contribution in [0.4, 0.5) is 5.69 Å². The second-order valence-corrected chi connectivity index (χ2v) is 7.41. The summed E-state index contributed by atoms with van der Waals surface area (Å²) in [6, 6.07) is 4.29. The van der Waals surface area contributed by atoms with Crippen LogP contribution in [0.3, 0.4) is 0 Å². The molecule has 1 aromatic carbocycles. The molecule has 1 fully saturated rings. The molecule has 2 N–H and O–H groups in total. The van der Waals surface area contributed by atoms with Crippen LogP contribution in [0.2, 0.25) is 0 Å². The molecule has 0 bridgehead atoms. The molecule has 128 valence electrons. The summed E-state index contributed by atoms with van der Waals surface area (Å²) in [5.74, 6) is -1.14. The molecule has 0 aliphatic carbocycles. The zero-order valence-electron chi connectivity index (χ0n) is 13.4. The van der Waals surface area contributed by atoms with Crippen molar-refractivity contribution in [1.29, 1.82) is 0 Å². The van der Waals surface area contributed by atoms with Gasteiger partial charge in [-0.25, -0.2) is 17.9 Å². The van der Waals surface area contributed by atoms with Crippen molar-refractivity contribution in [1.82, 2.24) is 9.62 Å². The van der Waals surface area contributed by atoms with Crippen LogP contribution in [0, 0.1) is 0 Å². The lowest BCUT2D eigenvalue weighted by Gasteiger charge is -2.35. The summed E-state index contributed by atoms with van der Waals surface area (Å²) in [4.78, 5) is 15.4. The molecule has 2 rings (SSSR count). The molecule has 0 aromatic heterocycles. The van der Waals surface area contributed by atoms with Gasteiger partial charge in [0.25, 0.3) is 0 Å². The number of benzene rings is 1. The number of hydrogen-bond acceptors (Lipinski definition) is 5. The quantitative estimate of drug-likeness (QED) is 0.796. The number of nitrogens with zero attached hydrogens (tertiary/aromatic N) is 2. The Morgan fingerprint density at radius 1 is 1.26 bits per heavy atom. The molecule has 0 saturated carbocycles. The predicted molar refractivity (Wildman–Crippen MR) is 88.6 cm³/mol. The molecule has 1 aromatic rings. The lowest BCUT2D eigenvalue weighted by Crippen LogP contribution is -2.45. The van der Waals surface area contributed by atoms with Crippen LogP contribution in [-0.2, 0) is 10.0 Å². The maximum Gasteiger partial charge on any atom is 0.335 e. The van der Waals surface area contributed by atoms with Gasteiger partial charge in [0.05, 0.1) is 11.3 Å². The molecule has 1 heterocycles. The number of rotatable bonds is 6. The van der Waals surface area contributed by atoms with Gasteiger partial charge in [-0.1, -0.05) is 6.92 Å². The summed E-state index contributed by atoms with van der Waals surface area (Å²) in [6.07, 6.45) is 0.668. The SMILES string of the molecule is CCCNS(=O)(=O)c1cc(C(=O)O)ccc1N1CCN(C)CC1. The Morgan fingerprint density at radius 2 is 1.91 bits per heavy atom. The third-order valence-electron chi connectivity index (χ3n) is 3.88. The first-order valence-electron chi connectivity index (χ1n) is 7.65. The minimum atomic E-state index is -3.74. The summed E-state index contributed by atoms with van der Waals surface area (Å²) in [7, 11) is -1.72. The fraction of sp³-hybridized carbons (Fsp3) is 0.533. The molecule has 0 atom stereocenters. The van der Waals surface area contributed by atoms with E-state index in [0.717, 1.165) is 13.1 Å². The van der Waals surface area contributed by atoms with E-state index in [4.69, 9.17) is 5.11 Å². The van der Waals surface area contributed by atoms with E-state index in [1.165, 1.54) is 12.1 Å². The Bertz CT molecular complexity index is 667. The standard InChI is InChI=1S/C15H23N3O4S/c1-3-6-16-23(21,22)14-11-12(15(19)20)4-5-13(14)18-9-7-17(2)8-10-18/h4-5,11,16H,3,6-10H2,1-2H3,(H,19,20). The number of nitrogens with one attached hydrogen (secondary N) is 1. The van der Waals surface area contributed by atoms with E-state index in [2.05, 4.69) is 9.62 Å². The van der Waals surface area contributed by atoms with Crippen LogP contribution < -0.4 is 9.62 Å². The normalized spacial score (nSPS) is 16.5. The van der Waals surface area contributed by atoms with Crippen LogP contribution in [0.5, 0.6) is 0 Å². The first-order chi connectivity index (χ1) is 10.8. The first kappa shape index (κ1) is 17.7. The highest BCUT2D eigenvalue weighted by atomic mass is 32.2. The summed E-state index contributed by atoms with van der Waals surface area (Å²) in [5, 5.41) is 9.15. The van der Waals surface area contributed by atoms with Crippen LogP contribution >= 0.6 is 0 Å². The molecular weight excluding hydrogens is 318 g/mol. The fourth-order valence-corrected chi connectivity index (χ4v) is 3.87. The zero-order chi connectivity index (χ0) is 17.0. The van der Waals surface area contributed by atoms with E-state index in [9.17, 15) is 13.2 Å². The smallest absolute Gasteiger partial charge is 0.335 e. The highest BCUT2D eigenvalue weighted by Crippen LogP contribution is 2.27. The van der Waals surface area contributed by atoms with Crippen molar-refractivity contribution < 1.29 is 18.3 Å². The first-order valence-corrected chi connectivity index (χ1v) is 9.14. The number of likely N-dealkylation sites (N-methyl/N-ethyl adjacent to an activating group) is 1. The van der Waals surface area contributed by atoms with Crippen molar-refractivity contribution in [2.45, 2.75) is 18.2 Å². The predicted octanol–water partition coefficient (Wildman–Crippen LogP) is 0.825. The minimum absolute atomic E-state index is 0.0280. The average Bonchev–Trinajstić information content (AvgIpc) is 2.53. The summed E-state index contributed by atoms with van der Waals surface area (Å²) >= 11 is 0. The van der Waals surface area contributed by atoms with E-state index in [1.807, 2.05) is 18.9 Å². The molecule has 1 aliphatic rings. The number of piperazine rings is 1. The van der Waals surface area contributed by atoms with Crippen molar-refractivity contribution in [3.63, 3.8) is 0 Å². The van der Waals surface area contributed by atoms with Crippen LogP contribution in [-0.4, -0.2) is 64.2 Å². The number of carboxylic acid groups (broad SMARTS) is 1. The van der Waals surface area contributed by atoms with Crippen molar-refractivity contribution in [2.75, 3.05) is 44.7 Å². The Balaban J connectivity index is 2.43. The number of carbonyl (C=O) groups is 1. The minimum Gasteiger partial charge on any atom is -0.478 e. The molecule has 0 spiro atoms. The number of hydrogen-bond donors (Lipinski definition) is 2. The lowest BCUT2D eigenvalue weighted by molar-refractivity contribution is 0.0696. The Kier molecular flexibility index (Phi) is 5.61. The topological polar surface area (TPSA) is 89.9 Å². The van der Waals surface area contributed by atoms with Gasteiger partial charge in [0.2, 0.25) is 10.0 Å². The summed E-state index contributed by atoms with van der Waals surface area (Å²) < 4.78 is 27.6. The third kappa shape index (κ3) is 4.21. The number of sulfonamides is 1. The van der Waals surface area contributed by atoms with Crippen molar-refractivity contribution in [3.8, 4) is 0 Å². The molecule has 0 radical (unpaired) electrons. The number of aromatic carboxylic acids is 1. The van der Waals surface area contributed by atoms with Crippen LogP contribution in [0.25, 0.3) is 0 Å². The van der Waals surface area contributed by atoms with Gasteiger partial charge in [-0.2, -0.15) is 0 Å². The second kappa shape index (κ2) is 7.29. The molecule has 8 heteroatoms. The Labute approximate surface area is 136 Å². The largest absolute Gasteiger partial charge is 0.478 e. The average molecular weight is 341 g/mol. The van der Waals surface area contributed by atoms with Gasteiger partial charge in [0, 0.05) is 32.7 Å². The van der Waals surface area contributed by atoms with Crippen molar-refractivity contribution in [2.24, 2.45) is 0 Å². The Morgan fingerprint density at radius 3 is 2.48 bits per heavy atom. The van der Waals surface area contributed by atoms with E-state index in [-0.39, 0.29) is 10.5 Å². The third-order valence-corrected chi connectivity index (χ3v) is 5.37. The van der Waals surface area contributed by atoms with E-state index >= 15 is 0 Å². The van der Waals surface area contributed by atoms with E-state index in [1.54, 1.807) is 6.07 Å². The molecule has 23 heavy (non-hydrogen) atoms. The van der Waals surface area contributed by atoms with Crippen molar-refractivity contribution >= 4 is 21.7 Å². The Hall–Kier alpha value is -1.64. The van der Waals surface area contributed by atoms with Gasteiger partial charge < -0.3 is 14.9 Å². The zero-order valence-corrected chi connectivity index (χ0v) is 14.3. The molecule has 7 nitrogen and oxygen atoms in total. The van der Waals surface area contributed by atoms with Gasteiger partial charge >= 0.3 is 5.97 Å². The fourth-order valence-electron chi connectivity index (χ4n) is 2.49. The van der Waals surface area contributed by atoms with Crippen molar-refractivity contribution in [3.05, 3.63) is 23.8 Å². The molecule has 1 aliphatic heterocycles.